The van der Waals surface area contributed by atoms with Gasteiger partial charge in [-0.15, -0.1) is 0 Å². The second-order valence-electron chi connectivity index (χ2n) is 10.6. The largest absolute Gasteiger partial charge is 0.388 e. The first-order valence-electron chi connectivity index (χ1n) is 13.6. The molecule has 2 atom stereocenters. The van der Waals surface area contributed by atoms with Crippen molar-refractivity contribution in [3.05, 3.63) is 88.5 Å². The molecule has 2 heterocycles. The van der Waals surface area contributed by atoms with Crippen LogP contribution in [0.15, 0.2) is 66.2 Å². The highest BCUT2D eigenvalue weighted by Gasteiger charge is 2.26. The molecular formula is C32H43N5O2. The minimum atomic E-state index is 0.0404. The maximum atomic E-state index is 12.2. The van der Waals surface area contributed by atoms with Gasteiger partial charge in [-0.1, -0.05) is 23.8 Å². The van der Waals surface area contributed by atoms with Crippen LogP contribution in [0.1, 0.15) is 59.8 Å². The third-order valence-corrected chi connectivity index (χ3v) is 7.45. The van der Waals surface area contributed by atoms with Crippen molar-refractivity contribution < 1.29 is 9.59 Å². The molecular weight excluding hydrogens is 486 g/mol. The number of hydrogen-bond acceptors (Lipinski definition) is 6. The summed E-state index contributed by atoms with van der Waals surface area (Å²) in [5, 5.41) is 3.01. The molecule has 7 heteroatoms. The van der Waals surface area contributed by atoms with Crippen LogP contribution in [0.4, 0.5) is 5.69 Å². The minimum absolute atomic E-state index is 0.0404. The molecule has 0 saturated carbocycles. The Morgan fingerprint density at radius 1 is 1.18 bits per heavy atom. The lowest BCUT2D eigenvalue weighted by Gasteiger charge is -2.38. The smallest absolute Gasteiger partial charge is 0.253 e. The number of hydrogen-bond donors (Lipinski definition) is 1. The number of aromatic nitrogens is 1. The van der Waals surface area contributed by atoms with E-state index in [1.807, 2.05) is 50.6 Å². The number of pyridine rings is 1. The van der Waals surface area contributed by atoms with E-state index in [9.17, 15) is 9.59 Å². The Hall–Kier alpha value is -3.71. The number of anilines is 1. The van der Waals surface area contributed by atoms with Crippen LogP contribution in [-0.4, -0.2) is 74.3 Å². The number of carbonyl (C=O) groups excluding carboxylic acids is 2. The van der Waals surface area contributed by atoms with Crippen LogP contribution in [0, 0.1) is 6.92 Å². The van der Waals surface area contributed by atoms with Gasteiger partial charge in [0.15, 0.2) is 0 Å². The summed E-state index contributed by atoms with van der Waals surface area (Å²) in [5.74, 6) is 0.547. The lowest BCUT2D eigenvalue weighted by molar-refractivity contribution is -0.104. The highest BCUT2D eigenvalue weighted by atomic mass is 16.2. The molecule has 2 aromatic rings. The summed E-state index contributed by atoms with van der Waals surface area (Å²) >= 11 is 0. The Morgan fingerprint density at radius 2 is 1.90 bits per heavy atom. The van der Waals surface area contributed by atoms with E-state index in [0.717, 1.165) is 60.4 Å². The summed E-state index contributed by atoms with van der Waals surface area (Å²) < 4.78 is 0. The van der Waals surface area contributed by atoms with Crippen molar-refractivity contribution in [1.82, 2.24) is 20.1 Å². The fourth-order valence-electron chi connectivity index (χ4n) is 5.15. The van der Waals surface area contributed by atoms with Crippen LogP contribution in [0.25, 0.3) is 6.08 Å². The number of carbonyl (C=O) groups is 2. The van der Waals surface area contributed by atoms with Gasteiger partial charge < -0.3 is 15.1 Å². The van der Waals surface area contributed by atoms with Crippen molar-refractivity contribution in [1.29, 1.82) is 0 Å². The summed E-state index contributed by atoms with van der Waals surface area (Å²) in [6.07, 6.45) is 12.4. The molecule has 39 heavy (non-hydrogen) atoms. The molecule has 1 aromatic heterocycles. The zero-order valence-electron chi connectivity index (χ0n) is 24.4. The maximum absolute atomic E-state index is 12.2. The van der Waals surface area contributed by atoms with Crippen molar-refractivity contribution in [2.24, 2.45) is 0 Å². The number of likely N-dealkylation sites (tertiary alicyclic amines) is 1. The van der Waals surface area contributed by atoms with E-state index in [1.54, 1.807) is 26.0 Å². The van der Waals surface area contributed by atoms with Gasteiger partial charge in [0.25, 0.3) is 5.91 Å². The van der Waals surface area contributed by atoms with Gasteiger partial charge in [-0.2, -0.15) is 0 Å². The van der Waals surface area contributed by atoms with Crippen LogP contribution in [0.2, 0.25) is 0 Å². The van der Waals surface area contributed by atoms with E-state index in [2.05, 4.69) is 52.2 Å². The summed E-state index contributed by atoms with van der Waals surface area (Å²) in [6.45, 7) is 8.49. The molecule has 3 rings (SSSR count). The van der Waals surface area contributed by atoms with E-state index in [-0.39, 0.29) is 5.91 Å². The fraction of sp³-hybridized carbons (Fsp3) is 0.406. The zero-order chi connectivity index (χ0) is 28.5. The molecule has 7 nitrogen and oxygen atoms in total. The van der Waals surface area contributed by atoms with Crippen molar-refractivity contribution in [3.8, 4) is 0 Å². The Morgan fingerprint density at radius 3 is 2.51 bits per heavy atom. The van der Waals surface area contributed by atoms with E-state index in [1.165, 1.54) is 17.2 Å². The molecule has 0 aliphatic carbocycles. The molecule has 0 spiro atoms. The topological polar surface area (TPSA) is 68.8 Å². The van der Waals surface area contributed by atoms with Crippen molar-refractivity contribution in [2.45, 2.75) is 45.6 Å². The lowest BCUT2D eigenvalue weighted by atomic mass is 9.85. The van der Waals surface area contributed by atoms with Gasteiger partial charge in [-0.3, -0.25) is 19.5 Å². The number of aryl methyl sites for hydroxylation is 1. The second-order valence-corrected chi connectivity index (χ2v) is 10.6. The maximum Gasteiger partial charge on any atom is 0.253 e. The average Bonchev–Trinajstić information content (AvgIpc) is 2.92. The highest BCUT2D eigenvalue weighted by molar-refractivity contribution is 5.93. The van der Waals surface area contributed by atoms with Crippen LogP contribution >= 0.6 is 0 Å². The number of amides is 1. The summed E-state index contributed by atoms with van der Waals surface area (Å²) in [4.78, 5) is 33.8. The fourth-order valence-corrected chi connectivity index (χ4v) is 5.15. The van der Waals surface area contributed by atoms with Gasteiger partial charge in [0.2, 0.25) is 0 Å². The standard InChI is InChI=1S/C32H43N5O2/c1-23(20-30-25(3)34-16-12-31(30)36(7)17-14-29(33-4)15-19-38)22-37-18-13-28(21-24(37)2)26-8-10-27(11-9-26)32(39)35(5)6/h8-12,14-17,19-20,24,28,33H,13,18,21-22H2,1-7H3/b17-14-,23-20+,29-15+. The Bertz CT molecular complexity index is 1230. The number of aldehydes is 1. The third-order valence-electron chi connectivity index (χ3n) is 7.45. The number of allylic oxidation sites excluding steroid dienone is 2. The summed E-state index contributed by atoms with van der Waals surface area (Å²) in [6, 6.07) is 10.6. The van der Waals surface area contributed by atoms with Gasteiger partial charge in [-0.05, 0) is 75.9 Å². The molecule has 1 aromatic carbocycles. The van der Waals surface area contributed by atoms with Crippen molar-refractivity contribution >= 4 is 24.0 Å². The van der Waals surface area contributed by atoms with E-state index < -0.39 is 0 Å². The number of likely N-dealkylation sites (N-methyl/N-ethyl adjacent to an activating group) is 1. The highest BCUT2D eigenvalue weighted by Crippen LogP contribution is 2.32. The zero-order valence-corrected chi connectivity index (χ0v) is 24.4. The first-order chi connectivity index (χ1) is 18.6. The Labute approximate surface area is 233 Å². The predicted molar refractivity (Wildman–Crippen MR) is 161 cm³/mol. The summed E-state index contributed by atoms with van der Waals surface area (Å²) in [5.41, 5.74) is 7.23. The van der Waals surface area contributed by atoms with E-state index >= 15 is 0 Å². The molecule has 0 radical (unpaired) electrons. The number of nitrogens with zero attached hydrogens (tertiary/aromatic N) is 4. The number of rotatable bonds is 10. The summed E-state index contributed by atoms with van der Waals surface area (Å²) in [7, 11) is 7.36. The minimum Gasteiger partial charge on any atom is -0.388 e. The molecule has 1 fully saturated rings. The molecule has 1 N–H and O–H groups in total. The average molecular weight is 530 g/mol. The molecule has 1 saturated heterocycles. The normalized spacial score (nSPS) is 18.7. The monoisotopic (exact) mass is 529 g/mol. The molecule has 1 amide bonds. The second kappa shape index (κ2) is 13.9. The van der Waals surface area contributed by atoms with Gasteiger partial charge in [0.05, 0.1) is 5.69 Å². The first kappa shape index (κ1) is 29.8. The molecule has 0 bridgehead atoms. The first-order valence-corrected chi connectivity index (χ1v) is 13.6. The predicted octanol–water partition coefficient (Wildman–Crippen LogP) is 5.02. The van der Waals surface area contributed by atoms with Crippen LogP contribution < -0.4 is 10.2 Å². The third kappa shape index (κ3) is 7.90. The van der Waals surface area contributed by atoms with Gasteiger partial charge >= 0.3 is 0 Å². The van der Waals surface area contributed by atoms with Crippen LogP contribution in [0.3, 0.4) is 0 Å². The quantitative estimate of drug-likeness (QED) is 0.265. The van der Waals surface area contributed by atoms with Crippen molar-refractivity contribution in [3.63, 3.8) is 0 Å². The Kier molecular flexibility index (Phi) is 10.6. The molecule has 208 valence electrons. The van der Waals surface area contributed by atoms with E-state index in [4.69, 9.17) is 0 Å². The SMILES string of the molecule is CNC(/C=C\N(C)c1ccnc(C)c1/C=C(\C)CN1CCC(c2ccc(C(=O)N(C)C)cc2)CC1C)=C/C=O. The molecule has 2 unspecified atom stereocenters. The van der Waals surface area contributed by atoms with Gasteiger partial charge in [0, 0.05) is 81.8 Å². The van der Waals surface area contributed by atoms with Crippen LogP contribution in [0.5, 0.6) is 0 Å². The van der Waals surface area contributed by atoms with Crippen LogP contribution in [-0.2, 0) is 4.79 Å². The van der Waals surface area contributed by atoms with Gasteiger partial charge in [0.1, 0.15) is 6.29 Å². The van der Waals surface area contributed by atoms with Gasteiger partial charge in [-0.25, -0.2) is 0 Å². The van der Waals surface area contributed by atoms with Crippen molar-refractivity contribution in [2.75, 3.05) is 46.2 Å². The Balaban J connectivity index is 1.69. The molecule has 1 aliphatic rings. The van der Waals surface area contributed by atoms with E-state index in [0.29, 0.717) is 12.0 Å². The number of nitrogens with one attached hydrogen (secondary N) is 1. The lowest BCUT2D eigenvalue weighted by Crippen LogP contribution is -2.41. The molecule has 1 aliphatic heterocycles. The number of benzene rings is 1. The number of piperidine rings is 1.